The number of thioether (sulfide) groups is 1. The molecule has 1 saturated heterocycles. The Bertz CT molecular complexity index is 422. The number of nitrogens with zero attached hydrogens (tertiary/aromatic N) is 1. The van der Waals surface area contributed by atoms with Crippen LogP contribution in [0.4, 0.5) is 0 Å². The molecule has 0 saturated carbocycles. The number of rotatable bonds is 2. The molecule has 5 nitrogen and oxygen atoms in total. The lowest BCUT2D eigenvalue weighted by Gasteiger charge is -2.47. The maximum atomic E-state index is 11.5. The first kappa shape index (κ1) is 14.1. The van der Waals surface area contributed by atoms with Crippen LogP contribution in [0.5, 0.6) is 0 Å². The summed E-state index contributed by atoms with van der Waals surface area (Å²) < 4.78 is 0. The van der Waals surface area contributed by atoms with Crippen LogP contribution in [0.2, 0.25) is 0 Å². The van der Waals surface area contributed by atoms with E-state index in [-0.39, 0.29) is 29.4 Å². The molecule has 0 aromatic rings. The molecule has 2 heterocycles. The number of aliphatic carboxylic acids is 1. The van der Waals surface area contributed by atoms with Crippen molar-refractivity contribution in [1.29, 1.82) is 0 Å². The van der Waals surface area contributed by atoms with E-state index in [4.69, 9.17) is 10.8 Å². The Hall–Kier alpha value is -0.980. The Morgan fingerprint density at radius 1 is 1.65 bits per heavy atom. The Kier molecular flexibility index (Phi) is 4.24. The van der Waals surface area contributed by atoms with Crippen molar-refractivity contribution in [3.63, 3.8) is 0 Å². The third kappa shape index (κ3) is 2.08. The van der Waals surface area contributed by atoms with Crippen LogP contribution in [0.15, 0.2) is 23.4 Å². The zero-order valence-corrected chi connectivity index (χ0v) is 10.8. The summed E-state index contributed by atoms with van der Waals surface area (Å²) in [5, 5.41) is 8.91. The number of carboxylic acids is 1. The minimum absolute atomic E-state index is 0. The zero-order chi connectivity index (χ0) is 11.9. The van der Waals surface area contributed by atoms with Crippen molar-refractivity contribution in [3.8, 4) is 0 Å². The molecule has 0 aromatic heterocycles. The average molecular weight is 277 g/mol. The number of hydrogen-bond acceptors (Lipinski definition) is 4. The van der Waals surface area contributed by atoms with E-state index in [1.807, 2.05) is 6.92 Å². The number of nitrogens with two attached hydrogens (primary N) is 1. The molecule has 0 spiro atoms. The molecular formula is C10H13ClN2O3S. The Morgan fingerprint density at radius 2 is 2.29 bits per heavy atom. The van der Waals surface area contributed by atoms with Crippen molar-refractivity contribution >= 4 is 36.0 Å². The molecule has 1 fully saturated rings. The van der Waals surface area contributed by atoms with Gasteiger partial charge in [0.15, 0.2) is 0 Å². The first-order chi connectivity index (χ1) is 7.57. The van der Waals surface area contributed by atoms with Gasteiger partial charge in [0, 0.05) is 5.75 Å². The normalized spacial score (nSPS) is 27.6. The molecule has 7 heteroatoms. The topological polar surface area (TPSA) is 83.6 Å². The van der Waals surface area contributed by atoms with Crippen molar-refractivity contribution in [2.24, 2.45) is 5.73 Å². The van der Waals surface area contributed by atoms with Gasteiger partial charge in [-0.05, 0) is 12.5 Å². The molecule has 2 rings (SSSR count). The van der Waals surface area contributed by atoms with Crippen LogP contribution in [-0.2, 0) is 9.59 Å². The van der Waals surface area contributed by atoms with Crippen LogP contribution < -0.4 is 5.73 Å². The minimum atomic E-state index is -1.07. The number of fused-ring (bicyclic) bond motifs is 1. The third-order valence-corrected chi connectivity index (χ3v) is 3.93. The summed E-state index contributed by atoms with van der Waals surface area (Å²) in [6.07, 6.45) is 3.49. The molecule has 2 aliphatic rings. The second kappa shape index (κ2) is 5.12. The van der Waals surface area contributed by atoms with E-state index in [2.05, 4.69) is 0 Å². The average Bonchev–Trinajstić information content (AvgIpc) is 2.27. The predicted octanol–water partition coefficient (Wildman–Crippen LogP) is 0.565. The molecule has 0 radical (unpaired) electrons. The molecule has 2 atom stereocenters. The first-order valence-corrected chi connectivity index (χ1v) is 5.92. The van der Waals surface area contributed by atoms with E-state index in [1.54, 1.807) is 12.2 Å². The highest BCUT2D eigenvalue weighted by Gasteiger charge is 2.51. The van der Waals surface area contributed by atoms with E-state index in [1.165, 1.54) is 16.7 Å². The van der Waals surface area contributed by atoms with E-state index in [9.17, 15) is 9.59 Å². The number of β-lactam (4-membered cyclic amide) rings is 1. The highest BCUT2D eigenvalue weighted by atomic mass is 35.5. The van der Waals surface area contributed by atoms with Gasteiger partial charge in [-0.3, -0.25) is 9.69 Å². The van der Waals surface area contributed by atoms with E-state index >= 15 is 0 Å². The lowest BCUT2D eigenvalue weighted by Crippen LogP contribution is -2.68. The van der Waals surface area contributed by atoms with E-state index in [0.29, 0.717) is 11.3 Å². The van der Waals surface area contributed by atoms with Gasteiger partial charge < -0.3 is 10.8 Å². The molecule has 0 aliphatic carbocycles. The number of carboxylic acid groups (broad SMARTS) is 1. The van der Waals surface area contributed by atoms with Crippen LogP contribution in [0.3, 0.4) is 0 Å². The van der Waals surface area contributed by atoms with Crippen LogP contribution in [-0.4, -0.2) is 39.1 Å². The molecule has 0 aromatic carbocycles. The molecule has 2 aliphatic heterocycles. The molecule has 1 amide bonds. The van der Waals surface area contributed by atoms with Gasteiger partial charge in [0.2, 0.25) is 5.91 Å². The molecule has 94 valence electrons. The van der Waals surface area contributed by atoms with Gasteiger partial charge in [-0.2, -0.15) is 0 Å². The molecular weight excluding hydrogens is 264 g/mol. The van der Waals surface area contributed by atoms with Crippen LogP contribution >= 0.6 is 24.2 Å². The van der Waals surface area contributed by atoms with Gasteiger partial charge in [-0.25, -0.2) is 4.79 Å². The second-order valence-electron chi connectivity index (χ2n) is 3.61. The van der Waals surface area contributed by atoms with Crippen LogP contribution in [0.25, 0.3) is 0 Å². The fourth-order valence-electron chi connectivity index (χ4n) is 1.87. The van der Waals surface area contributed by atoms with Crippen molar-refractivity contribution in [1.82, 2.24) is 4.90 Å². The number of halogens is 1. The molecule has 0 bridgehead atoms. The van der Waals surface area contributed by atoms with E-state index in [0.717, 1.165) is 0 Å². The summed E-state index contributed by atoms with van der Waals surface area (Å²) in [4.78, 5) is 24.0. The maximum absolute atomic E-state index is 11.5. The largest absolute Gasteiger partial charge is 0.477 e. The minimum Gasteiger partial charge on any atom is -0.477 e. The number of carbonyl (C=O) groups excluding carboxylic acids is 1. The third-order valence-electron chi connectivity index (χ3n) is 2.61. The summed E-state index contributed by atoms with van der Waals surface area (Å²) in [5.41, 5.74) is 6.35. The van der Waals surface area contributed by atoms with Gasteiger partial charge in [0.05, 0.1) is 0 Å². The highest BCUT2D eigenvalue weighted by Crippen LogP contribution is 2.39. The van der Waals surface area contributed by atoms with Crippen molar-refractivity contribution in [2.75, 3.05) is 5.75 Å². The van der Waals surface area contributed by atoms with Crippen molar-refractivity contribution in [3.05, 3.63) is 23.4 Å². The summed E-state index contributed by atoms with van der Waals surface area (Å²) in [6, 6.07) is -0.563. The SMILES string of the molecule is CC=CC1=C(C(=O)O)N2C(=O)C(N)[C@@H]2SC1.Cl. The smallest absolute Gasteiger partial charge is 0.352 e. The summed E-state index contributed by atoms with van der Waals surface area (Å²) in [7, 11) is 0. The van der Waals surface area contributed by atoms with Gasteiger partial charge in [0.1, 0.15) is 17.1 Å². The Labute approximate surface area is 109 Å². The summed E-state index contributed by atoms with van der Waals surface area (Å²) in [6.45, 7) is 1.81. The number of allylic oxidation sites excluding steroid dienone is 2. The second-order valence-corrected chi connectivity index (χ2v) is 4.72. The van der Waals surface area contributed by atoms with Crippen molar-refractivity contribution in [2.45, 2.75) is 18.3 Å². The molecule has 17 heavy (non-hydrogen) atoms. The Balaban J connectivity index is 0.00000144. The lowest BCUT2D eigenvalue weighted by molar-refractivity contribution is -0.147. The summed E-state index contributed by atoms with van der Waals surface area (Å²) in [5.74, 6) is -0.802. The van der Waals surface area contributed by atoms with Gasteiger partial charge in [-0.15, -0.1) is 24.2 Å². The van der Waals surface area contributed by atoms with E-state index < -0.39 is 12.0 Å². The van der Waals surface area contributed by atoms with Gasteiger partial charge in [0.25, 0.3) is 0 Å². The maximum Gasteiger partial charge on any atom is 0.352 e. The fraction of sp³-hybridized carbons (Fsp3) is 0.400. The quantitative estimate of drug-likeness (QED) is 0.720. The standard InChI is InChI=1S/C10H12N2O3S.ClH/c1-2-3-5-4-16-9-6(11)8(13)12(9)7(5)10(14)15;/h2-3,6,9H,4,11H2,1H3,(H,14,15);1H/t6?,9-;/m0./s1. The number of amides is 1. The van der Waals surface area contributed by atoms with Crippen molar-refractivity contribution < 1.29 is 14.7 Å². The van der Waals surface area contributed by atoms with Gasteiger partial charge >= 0.3 is 5.97 Å². The Morgan fingerprint density at radius 3 is 2.82 bits per heavy atom. The fourth-order valence-corrected chi connectivity index (χ4v) is 3.13. The number of hydrogen-bond donors (Lipinski definition) is 2. The molecule has 3 N–H and O–H groups in total. The van der Waals surface area contributed by atoms with Crippen LogP contribution in [0, 0.1) is 0 Å². The zero-order valence-electron chi connectivity index (χ0n) is 9.12. The summed E-state index contributed by atoms with van der Waals surface area (Å²) >= 11 is 1.50. The number of carbonyl (C=O) groups is 2. The van der Waals surface area contributed by atoms with Crippen LogP contribution in [0.1, 0.15) is 6.92 Å². The van der Waals surface area contributed by atoms with Gasteiger partial charge in [-0.1, -0.05) is 12.2 Å². The highest BCUT2D eigenvalue weighted by molar-refractivity contribution is 8.00. The first-order valence-electron chi connectivity index (χ1n) is 4.87. The predicted molar refractivity (Wildman–Crippen MR) is 67.8 cm³/mol. The molecule has 1 unspecified atom stereocenters. The monoisotopic (exact) mass is 276 g/mol. The lowest BCUT2D eigenvalue weighted by atomic mass is 10.0.